The van der Waals surface area contributed by atoms with E-state index in [1.54, 1.807) is 6.07 Å². The first-order valence-electron chi connectivity index (χ1n) is 7.78. The van der Waals surface area contributed by atoms with Crippen molar-refractivity contribution in [2.45, 2.75) is 38.6 Å². The Labute approximate surface area is 140 Å². The first-order chi connectivity index (χ1) is 11.0. The van der Waals surface area contributed by atoms with Gasteiger partial charge < -0.3 is 10.1 Å². The summed E-state index contributed by atoms with van der Waals surface area (Å²) in [5.41, 5.74) is 5.12. The highest BCUT2D eigenvalue weighted by Crippen LogP contribution is 2.23. The predicted octanol–water partition coefficient (Wildman–Crippen LogP) is 2.28. The van der Waals surface area contributed by atoms with E-state index in [0.717, 1.165) is 6.42 Å². The zero-order valence-electron chi connectivity index (χ0n) is 13.1. The fourth-order valence-electron chi connectivity index (χ4n) is 2.60. The summed E-state index contributed by atoms with van der Waals surface area (Å²) in [4.78, 5) is 11.7. The maximum atomic E-state index is 13.0. The van der Waals surface area contributed by atoms with E-state index >= 15 is 0 Å². The van der Waals surface area contributed by atoms with Crippen molar-refractivity contribution in [1.29, 1.82) is 0 Å². The normalized spacial score (nSPS) is 20.4. The van der Waals surface area contributed by atoms with E-state index in [1.165, 1.54) is 37.5 Å². The lowest BCUT2D eigenvalue weighted by molar-refractivity contribution is -0.123. The molecule has 0 spiro atoms. The molecule has 5 nitrogen and oxygen atoms in total. The summed E-state index contributed by atoms with van der Waals surface area (Å²) in [5, 5.41) is 3.61. The van der Waals surface area contributed by atoms with Crippen LogP contribution in [0.5, 0.6) is 5.75 Å². The van der Waals surface area contributed by atoms with Gasteiger partial charge in [-0.05, 0) is 43.1 Å². The Bertz CT molecular complexity index is 556. The summed E-state index contributed by atoms with van der Waals surface area (Å²) < 4.78 is 18.2. The second-order valence-electron chi connectivity index (χ2n) is 5.76. The Kier molecular flexibility index (Phi) is 6.58. The summed E-state index contributed by atoms with van der Waals surface area (Å²) in [7, 11) is 0. The van der Waals surface area contributed by atoms with Crippen molar-refractivity contribution >= 4 is 23.2 Å². The number of carbonyl (C=O) groups excluding carboxylic acids is 1. The van der Waals surface area contributed by atoms with Crippen molar-refractivity contribution in [3.05, 3.63) is 30.1 Å². The molecule has 0 heterocycles. The zero-order chi connectivity index (χ0) is 16.7. The van der Waals surface area contributed by atoms with E-state index < -0.39 is 11.7 Å². The molecule has 1 saturated carbocycles. The summed E-state index contributed by atoms with van der Waals surface area (Å²) in [6.07, 6.45) is 4.72. The van der Waals surface area contributed by atoms with E-state index in [1.807, 2.05) is 0 Å². The number of halogens is 1. The lowest BCUT2D eigenvalue weighted by atomic mass is 9.86. The molecule has 0 radical (unpaired) electrons. The van der Waals surface area contributed by atoms with Crippen molar-refractivity contribution in [1.82, 2.24) is 16.2 Å². The Hall–Kier alpha value is -1.89. The van der Waals surface area contributed by atoms with Gasteiger partial charge in [-0.15, -0.1) is 0 Å². The van der Waals surface area contributed by atoms with Crippen molar-refractivity contribution in [2.75, 3.05) is 6.61 Å². The standard InChI is InChI=1S/C16H22FN3O2S/c1-11-5-2-3-8-14(11)18-16(23)20-19-15(21)10-22-13-7-4-6-12(17)9-13/h4,6-7,9,11,14H,2-3,5,8,10H2,1H3,(H,19,21)(H2,18,20,23)/t11-,14+/m0/s1. The largest absolute Gasteiger partial charge is 0.484 e. The van der Waals surface area contributed by atoms with Gasteiger partial charge in [0.15, 0.2) is 11.7 Å². The molecule has 0 unspecified atom stereocenters. The molecule has 2 atom stereocenters. The molecule has 1 aromatic carbocycles. The van der Waals surface area contributed by atoms with Gasteiger partial charge in [0.05, 0.1) is 0 Å². The van der Waals surface area contributed by atoms with Crippen LogP contribution in [0, 0.1) is 11.7 Å². The SMILES string of the molecule is C[C@H]1CCCC[C@H]1NC(=S)NNC(=O)COc1cccc(F)c1. The molecule has 1 aliphatic rings. The number of ether oxygens (including phenoxy) is 1. The monoisotopic (exact) mass is 339 g/mol. The first-order valence-corrected chi connectivity index (χ1v) is 8.19. The quantitative estimate of drug-likeness (QED) is 0.580. The topological polar surface area (TPSA) is 62.4 Å². The molecule has 3 N–H and O–H groups in total. The first kappa shape index (κ1) is 17.5. The molecule has 1 aliphatic carbocycles. The van der Waals surface area contributed by atoms with Crippen LogP contribution < -0.4 is 20.9 Å². The molecule has 0 saturated heterocycles. The van der Waals surface area contributed by atoms with Crippen LogP contribution in [0.4, 0.5) is 4.39 Å². The third kappa shape index (κ3) is 6.02. The lowest BCUT2D eigenvalue weighted by Crippen LogP contribution is -2.52. The van der Waals surface area contributed by atoms with Crippen molar-refractivity contribution in [2.24, 2.45) is 5.92 Å². The van der Waals surface area contributed by atoms with Crippen molar-refractivity contribution in [3.63, 3.8) is 0 Å². The molecule has 0 aromatic heterocycles. The molecule has 0 bridgehead atoms. The number of hydrazine groups is 1. The fourth-order valence-corrected chi connectivity index (χ4v) is 2.81. The van der Waals surface area contributed by atoms with Gasteiger partial charge in [-0.1, -0.05) is 25.8 Å². The van der Waals surface area contributed by atoms with Crippen LogP contribution in [0.3, 0.4) is 0 Å². The predicted molar refractivity (Wildman–Crippen MR) is 90.3 cm³/mol. The number of hydrogen-bond acceptors (Lipinski definition) is 3. The zero-order valence-corrected chi connectivity index (χ0v) is 13.9. The van der Waals surface area contributed by atoms with Gasteiger partial charge in [-0.3, -0.25) is 15.6 Å². The molecule has 0 aliphatic heterocycles. The molecule has 1 amide bonds. The summed E-state index contributed by atoms with van der Waals surface area (Å²) in [6.45, 7) is 1.98. The van der Waals surface area contributed by atoms with Crippen LogP contribution in [0.15, 0.2) is 24.3 Å². The molecule has 2 rings (SSSR count). The number of benzene rings is 1. The Morgan fingerprint density at radius 2 is 2.13 bits per heavy atom. The minimum atomic E-state index is -0.409. The van der Waals surface area contributed by atoms with Crippen LogP contribution in [-0.2, 0) is 4.79 Å². The Balaban J connectivity index is 1.66. The Morgan fingerprint density at radius 1 is 1.35 bits per heavy atom. The molecule has 1 aromatic rings. The highest BCUT2D eigenvalue weighted by molar-refractivity contribution is 7.80. The van der Waals surface area contributed by atoms with E-state index in [4.69, 9.17) is 17.0 Å². The van der Waals surface area contributed by atoms with Crippen molar-refractivity contribution in [3.8, 4) is 5.75 Å². The summed E-state index contributed by atoms with van der Waals surface area (Å²) in [5.74, 6) is 0.0653. The minimum absolute atomic E-state index is 0.223. The molecule has 23 heavy (non-hydrogen) atoms. The smallest absolute Gasteiger partial charge is 0.276 e. The third-order valence-electron chi connectivity index (χ3n) is 3.91. The van der Waals surface area contributed by atoms with Crippen LogP contribution in [-0.4, -0.2) is 23.7 Å². The highest BCUT2D eigenvalue weighted by atomic mass is 32.1. The van der Waals surface area contributed by atoms with Crippen LogP contribution >= 0.6 is 12.2 Å². The van der Waals surface area contributed by atoms with Crippen LogP contribution in [0.2, 0.25) is 0 Å². The third-order valence-corrected chi connectivity index (χ3v) is 4.13. The number of rotatable bonds is 4. The maximum Gasteiger partial charge on any atom is 0.276 e. The number of hydrogen-bond donors (Lipinski definition) is 3. The van der Waals surface area contributed by atoms with E-state index in [9.17, 15) is 9.18 Å². The van der Waals surface area contributed by atoms with Gasteiger partial charge in [0.25, 0.3) is 5.91 Å². The van der Waals surface area contributed by atoms with Crippen LogP contribution in [0.25, 0.3) is 0 Å². The van der Waals surface area contributed by atoms with Gasteiger partial charge in [0.1, 0.15) is 11.6 Å². The van der Waals surface area contributed by atoms with E-state index in [2.05, 4.69) is 23.1 Å². The molecule has 1 fully saturated rings. The number of thiocarbonyl (C=S) groups is 1. The van der Waals surface area contributed by atoms with Crippen molar-refractivity contribution < 1.29 is 13.9 Å². The van der Waals surface area contributed by atoms with Gasteiger partial charge in [-0.2, -0.15) is 0 Å². The van der Waals surface area contributed by atoms with E-state index in [-0.39, 0.29) is 6.61 Å². The fraction of sp³-hybridized carbons (Fsp3) is 0.500. The lowest BCUT2D eigenvalue weighted by Gasteiger charge is -2.30. The Morgan fingerprint density at radius 3 is 2.87 bits per heavy atom. The second-order valence-corrected chi connectivity index (χ2v) is 6.17. The molecule has 126 valence electrons. The van der Waals surface area contributed by atoms with Gasteiger partial charge in [0, 0.05) is 12.1 Å². The molecular weight excluding hydrogens is 317 g/mol. The second kappa shape index (κ2) is 8.67. The minimum Gasteiger partial charge on any atom is -0.484 e. The van der Waals surface area contributed by atoms with Gasteiger partial charge in [0.2, 0.25) is 0 Å². The number of nitrogens with one attached hydrogen (secondary N) is 3. The summed E-state index contributed by atoms with van der Waals surface area (Å²) >= 11 is 5.17. The maximum absolute atomic E-state index is 13.0. The molecular formula is C16H22FN3O2S. The van der Waals surface area contributed by atoms with Gasteiger partial charge in [-0.25, -0.2) is 4.39 Å². The summed E-state index contributed by atoms with van der Waals surface area (Å²) in [6, 6.07) is 5.97. The number of carbonyl (C=O) groups is 1. The van der Waals surface area contributed by atoms with E-state index in [0.29, 0.717) is 22.8 Å². The molecule has 7 heteroatoms. The highest BCUT2D eigenvalue weighted by Gasteiger charge is 2.21. The number of amides is 1. The van der Waals surface area contributed by atoms with Gasteiger partial charge >= 0.3 is 0 Å². The van der Waals surface area contributed by atoms with Crippen LogP contribution in [0.1, 0.15) is 32.6 Å². The average molecular weight is 339 g/mol. The average Bonchev–Trinajstić information content (AvgIpc) is 2.53.